The highest BCUT2D eigenvalue weighted by atomic mass is 16.2. The number of benzene rings is 3. The molecule has 3 aromatic rings. The zero-order chi connectivity index (χ0) is 34.0. The average molecular weight is 649 g/mol. The molecule has 0 aliphatic carbocycles. The molecule has 2 heterocycles. The summed E-state index contributed by atoms with van der Waals surface area (Å²) < 4.78 is 0. The van der Waals surface area contributed by atoms with Gasteiger partial charge in [-0.1, -0.05) is 85.8 Å². The van der Waals surface area contributed by atoms with E-state index in [-0.39, 0.29) is 24.4 Å². The van der Waals surface area contributed by atoms with Crippen molar-refractivity contribution in [1.82, 2.24) is 31.4 Å². The lowest BCUT2D eigenvalue weighted by Crippen LogP contribution is -2.59. The van der Waals surface area contributed by atoms with Crippen LogP contribution in [0.1, 0.15) is 66.6 Å². The topological polar surface area (TPSA) is 149 Å². The van der Waals surface area contributed by atoms with Crippen molar-refractivity contribution in [1.29, 1.82) is 0 Å². The Hall–Kier alpha value is -4.97. The van der Waals surface area contributed by atoms with Gasteiger partial charge in [0.15, 0.2) is 7.98 Å². The Morgan fingerprint density at radius 3 is 2.00 bits per heavy atom. The van der Waals surface area contributed by atoms with Crippen molar-refractivity contribution in [3.05, 3.63) is 108 Å². The van der Waals surface area contributed by atoms with E-state index in [1.54, 1.807) is 42.2 Å². The molecule has 3 aromatic carbocycles. The van der Waals surface area contributed by atoms with E-state index in [2.05, 4.69) is 26.5 Å². The van der Waals surface area contributed by atoms with E-state index in [1.165, 1.54) is 0 Å². The van der Waals surface area contributed by atoms with E-state index < -0.39 is 47.9 Å². The fraction of sp³-hybridized carbons (Fsp3) is 0.361. The van der Waals surface area contributed by atoms with Gasteiger partial charge in [0.25, 0.3) is 5.91 Å². The molecule has 2 aliphatic heterocycles. The lowest BCUT2D eigenvalue weighted by atomic mass is 9.92. The molecule has 2 saturated heterocycles. The molecule has 0 bridgehead atoms. The van der Waals surface area contributed by atoms with Crippen molar-refractivity contribution in [3.63, 3.8) is 0 Å². The second kappa shape index (κ2) is 16.2. The summed E-state index contributed by atoms with van der Waals surface area (Å²) in [6.07, 6.45) is 2.55. The molecule has 2 fully saturated rings. The summed E-state index contributed by atoms with van der Waals surface area (Å²) in [5, 5.41) is 13.6. The van der Waals surface area contributed by atoms with E-state index >= 15 is 0 Å². The zero-order valence-corrected chi connectivity index (χ0v) is 26.9. The minimum absolute atomic E-state index is 0.0128. The number of amides is 6. The molecule has 12 heteroatoms. The van der Waals surface area contributed by atoms with E-state index in [0.717, 1.165) is 11.1 Å². The standard InChI is InChI=1S/C36H41BN6O5/c1-2-28(42-37)33(45)40-31-26(22-38-36(48)41-32(44)25-16-10-5-11-17-25)18-19-27-20-21-29(43(27)35(31)47)34(46)39-30(23-12-6-3-7-13-23)24-14-8-4-9-15-24/h3-17,26-31,42H,2,18-22H2,1H3,(H,39,46)(H,40,45)(H2,38,41,44,48)/t26-,27+,28+,29+,31+/m1/s1. The van der Waals surface area contributed by atoms with Crippen molar-refractivity contribution in [2.75, 3.05) is 6.54 Å². The Morgan fingerprint density at radius 1 is 0.833 bits per heavy atom. The molecule has 11 nitrogen and oxygen atoms in total. The maximum absolute atomic E-state index is 14.4. The SMILES string of the molecule is [B]N[C@@H](CC)C(=O)N[C@@H]1C(=O)N2[C@@H](CC[C@@H]1CNC(=O)NC(=O)c1ccccc1)CC[C@H]2C(=O)NC(c1ccccc1)c1ccccc1. The van der Waals surface area contributed by atoms with Gasteiger partial charge in [0.1, 0.15) is 12.1 Å². The van der Waals surface area contributed by atoms with Crippen LogP contribution in [0.2, 0.25) is 0 Å². The lowest BCUT2D eigenvalue weighted by Gasteiger charge is -2.33. The lowest BCUT2D eigenvalue weighted by molar-refractivity contribution is -0.143. The second-order valence-electron chi connectivity index (χ2n) is 12.2. The highest BCUT2D eigenvalue weighted by molar-refractivity contribution is 6.07. The molecule has 5 rings (SSSR count). The van der Waals surface area contributed by atoms with Crippen LogP contribution in [0.5, 0.6) is 0 Å². The molecular formula is C36H41BN6O5. The summed E-state index contributed by atoms with van der Waals surface area (Å²) >= 11 is 0. The third-order valence-electron chi connectivity index (χ3n) is 9.23. The monoisotopic (exact) mass is 648 g/mol. The van der Waals surface area contributed by atoms with Gasteiger partial charge >= 0.3 is 6.03 Å². The third kappa shape index (κ3) is 8.11. The maximum Gasteiger partial charge on any atom is 0.321 e. The molecule has 5 atom stereocenters. The quantitative estimate of drug-likeness (QED) is 0.202. The number of carbonyl (C=O) groups is 5. The number of rotatable bonds is 11. The predicted molar refractivity (Wildman–Crippen MR) is 181 cm³/mol. The van der Waals surface area contributed by atoms with Crippen LogP contribution in [0.15, 0.2) is 91.0 Å². The van der Waals surface area contributed by atoms with Crippen molar-refractivity contribution in [3.8, 4) is 0 Å². The van der Waals surface area contributed by atoms with Crippen LogP contribution in [0, 0.1) is 5.92 Å². The van der Waals surface area contributed by atoms with Crippen LogP contribution in [0.4, 0.5) is 4.79 Å². The summed E-state index contributed by atoms with van der Waals surface area (Å²) in [5.74, 6) is -2.20. The molecule has 6 amide bonds. The van der Waals surface area contributed by atoms with Crippen LogP contribution in [-0.4, -0.2) is 73.3 Å². The van der Waals surface area contributed by atoms with Crippen molar-refractivity contribution < 1.29 is 24.0 Å². The Kier molecular flexibility index (Phi) is 11.6. The number of fused-ring (bicyclic) bond motifs is 1. The molecule has 0 unspecified atom stereocenters. The number of imide groups is 1. The third-order valence-corrected chi connectivity index (χ3v) is 9.23. The second-order valence-corrected chi connectivity index (χ2v) is 12.2. The number of nitrogens with one attached hydrogen (secondary N) is 5. The van der Waals surface area contributed by atoms with Crippen LogP contribution >= 0.6 is 0 Å². The molecule has 5 N–H and O–H groups in total. The van der Waals surface area contributed by atoms with Gasteiger partial charge in [-0.3, -0.25) is 24.5 Å². The van der Waals surface area contributed by atoms with Crippen molar-refractivity contribution in [2.45, 2.75) is 69.2 Å². The number of urea groups is 1. The van der Waals surface area contributed by atoms with Gasteiger partial charge in [-0.2, -0.15) is 0 Å². The fourth-order valence-electron chi connectivity index (χ4n) is 6.65. The summed E-state index contributed by atoms with van der Waals surface area (Å²) in [6, 6.07) is 23.8. The Labute approximate surface area is 282 Å². The summed E-state index contributed by atoms with van der Waals surface area (Å²) in [4.78, 5) is 68.6. The van der Waals surface area contributed by atoms with Crippen LogP contribution in [0.25, 0.3) is 0 Å². The average Bonchev–Trinajstić information content (AvgIpc) is 3.50. The first-order chi connectivity index (χ1) is 23.3. The van der Waals surface area contributed by atoms with Crippen molar-refractivity contribution in [2.24, 2.45) is 5.92 Å². The molecule has 0 saturated carbocycles. The normalized spacial score (nSPS) is 21.0. The molecule has 2 aliphatic rings. The molecule has 248 valence electrons. The van der Waals surface area contributed by atoms with Crippen molar-refractivity contribution >= 4 is 37.6 Å². The number of hydrogen-bond donors (Lipinski definition) is 5. The number of hydrogen-bond acceptors (Lipinski definition) is 6. The highest BCUT2D eigenvalue weighted by Crippen LogP contribution is 2.35. The smallest absolute Gasteiger partial charge is 0.321 e. The molecule has 0 spiro atoms. The first-order valence-electron chi connectivity index (χ1n) is 16.4. The number of nitrogens with zero attached hydrogens (tertiary/aromatic N) is 1. The number of carbonyl (C=O) groups excluding carboxylic acids is 5. The molecular weight excluding hydrogens is 607 g/mol. The minimum atomic E-state index is -1.04. The van der Waals surface area contributed by atoms with Gasteiger partial charge < -0.3 is 26.1 Å². The molecule has 0 aromatic heterocycles. The predicted octanol–water partition coefficient (Wildman–Crippen LogP) is 2.74. The molecule has 48 heavy (non-hydrogen) atoms. The first-order valence-corrected chi connectivity index (χ1v) is 16.4. The van der Waals surface area contributed by atoms with Gasteiger partial charge in [-0.25, -0.2) is 4.79 Å². The zero-order valence-electron chi connectivity index (χ0n) is 26.9. The highest BCUT2D eigenvalue weighted by Gasteiger charge is 2.48. The summed E-state index contributed by atoms with van der Waals surface area (Å²) in [5.41, 5.74) is 2.15. The van der Waals surface area contributed by atoms with E-state index in [9.17, 15) is 24.0 Å². The van der Waals surface area contributed by atoms with Gasteiger partial charge in [0.2, 0.25) is 17.7 Å². The van der Waals surface area contributed by atoms with Gasteiger partial charge in [-0.15, -0.1) is 0 Å². The Balaban J connectivity index is 1.34. The molecule has 2 radical (unpaired) electrons. The fourth-order valence-corrected chi connectivity index (χ4v) is 6.65. The van der Waals surface area contributed by atoms with E-state index in [1.807, 2.05) is 60.7 Å². The largest absolute Gasteiger partial charge is 0.356 e. The van der Waals surface area contributed by atoms with Crippen LogP contribution < -0.4 is 26.5 Å². The first kappa shape index (κ1) is 34.4. The summed E-state index contributed by atoms with van der Waals surface area (Å²) in [7, 11) is 5.62. The minimum Gasteiger partial charge on any atom is -0.356 e. The van der Waals surface area contributed by atoms with E-state index in [4.69, 9.17) is 7.98 Å². The van der Waals surface area contributed by atoms with Gasteiger partial charge in [0.05, 0.1) is 12.1 Å². The Bertz CT molecular complexity index is 1530. The van der Waals surface area contributed by atoms with Crippen LogP contribution in [-0.2, 0) is 14.4 Å². The van der Waals surface area contributed by atoms with Gasteiger partial charge in [-0.05, 0) is 55.4 Å². The van der Waals surface area contributed by atoms with Crippen LogP contribution in [0.3, 0.4) is 0 Å². The summed E-state index contributed by atoms with van der Waals surface area (Å²) in [6.45, 7) is 1.80. The van der Waals surface area contributed by atoms with E-state index in [0.29, 0.717) is 37.7 Å². The maximum atomic E-state index is 14.4. The van der Waals surface area contributed by atoms with Gasteiger partial charge in [0, 0.05) is 24.1 Å². The Morgan fingerprint density at radius 2 is 1.42 bits per heavy atom.